The fourth-order valence-electron chi connectivity index (χ4n) is 3.45. The fourth-order valence-corrected chi connectivity index (χ4v) is 3.45. The van der Waals surface area contributed by atoms with E-state index in [1.807, 2.05) is 42.5 Å². The minimum absolute atomic E-state index is 0.413. The van der Waals surface area contributed by atoms with Crippen molar-refractivity contribution in [2.75, 3.05) is 6.61 Å². The Balaban J connectivity index is 1.59. The van der Waals surface area contributed by atoms with Crippen LogP contribution in [0.25, 0.3) is 21.5 Å². The summed E-state index contributed by atoms with van der Waals surface area (Å²) in [4.78, 5) is 0. The maximum atomic E-state index is 6.01. The SMILES string of the molecule is c1ccc2c(C3=NN=C(c4cccc5ccccc45)OC3)cccc2c1. The van der Waals surface area contributed by atoms with Crippen LogP contribution in [0.4, 0.5) is 0 Å². The molecule has 4 aromatic rings. The quantitative estimate of drug-likeness (QED) is 0.497. The zero-order valence-corrected chi connectivity index (χ0v) is 14.1. The Bertz CT molecular complexity index is 1090. The van der Waals surface area contributed by atoms with Crippen LogP contribution < -0.4 is 0 Å². The minimum Gasteiger partial charge on any atom is -0.470 e. The second kappa shape index (κ2) is 6.12. The lowest BCUT2D eigenvalue weighted by Crippen LogP contribution is -2.20. The van der Waals surface area contributed by atoms with Crippen LogP contribution in [0.2, 0.25) is 0 Å². The van der Waals surface area contributed by atoms with Gasteiger partial charge in [0.2, 0.25) is 5.90 Å². The lowest BCUT2D eigenvalue weighted by molar-refractivity contribution is 0.357. The molecule has 0 fully saturated rings. The summed E-state index contributed by atoms with van der Waals surface area (Å²) < 4.78 is 6.01. The summed E-state index contributed by atoms with van der Waals surface area (Å²) in [6.45, 7) is 0.413. The predicted molar refractivity (Wildman–Crippen MR) is 107 cm³/mol. The van der Waals surface area contributed by atoms with Crippen molar-refractivity contribution in [1.82, 2.24) is 0 Å². The van der Waals surface area contributed by atoms with Crippen molar-refractivity contribution >= 4 is 33.2 Å². The first-order valence-corrected chi connectivity index (χ1v) is 8.64. The summed E-state index contributed by atoms with van der Waals surface area (Å²) in [5, 5.41) is 13.5. The standard InChI is InChI=1S/C23H16N2O/c1-3-11-18-16(7-1)9-5-13-20(18)22-15-26-23(25-24-22)21-14-6-10-17-8-2-4-12-19(17)21/h1-14H,15H2. The van der Waals surface area contributed by atoms with Crippen LogP contribution >= 0.6 is 0 Å². The first-order chi connectivity index (χ1) is 12.9. The first kappa shape index (κ1) is 14.8. The number of hydrogen-bond donors (Lipinski definition) is 0. The third kappa shape index (κ3) is 2.45. The Morgan fingerprint density at radius 3 is 1.81 bits per heavy atom. The molecule has 5 rings (SSSR count). The third-order valence-electron chi connectivity index (χ3n) is 4.73. The van der Waals surface area contributed by atoms with E-state index in [1.54, 1.807) is 0 Å². The van der Waals surface area contributed by atoms with Crippen LogP contribution in [0.15, 0.2) is 95.1 Å². The second-order valence-corrected chi connectivity index (χ2v) is 6.29. The highest BCUT2D eigenvalue weighted by Crippen LogP contribution is 2.23. The third-order valence-corrected chi connectivity index (χ3v) is 4.73. The van der Waals surface area contributed by atoms with Crippen molar-refractivity contribution in [3.05, 3.63) is 96.1 Å². The van der Waals surface area contributed by atoms with Gasteiger partial charge in [-0.2, -0.15) is 0 Å². The van der Waals surface area contributed by atoms with Crippen molar-refractivity contribution < 1.29 is 4.74 Å². The Hall–Kier alpha value is -3.46. The van der Waals surface area contributed by atoms with Crippen molar-refractivity contribution in [3.63, 3.8) is 0 Å². The van der Waals surface area contributed by atoms with Gasteiger partial charge in [-0.3, -0.25) is 0 Å². The summed E-state index contributed by atoms with van der Waals surface area (Å²) in [5.74, 6) is 0.575. The molecule has 0 spiro atoms. The molecule has 26 heavy (non-hydrogen) atoms. The molecule has 0 radical (unpaired) electrons. The summed E-state index contributed by atoms with van der Waals surface area (Å²) in [6.07, 6.45) is 0. The Kier molecular flexibility index (Phi) is 3.49. The zero-order valence-electron chi connectivity index (χ0n) is 14.1. The van der Waals surface area contributed by atoms with Gasteiger partial charge in [-0.15, -0.1) is 10.2 Å². The number of ether oxygens (including phenoxy) is 1. The fraction of sp³-hybridized carbons (Fsp3) is 0.0435. The predicted octanol–water partition coefficient (Wildman–Crippen LogP) is 5.17. The van der Waals surface area contributed by atoms with E-state index in [2.05, 4.69) is 52.7 Å². The lowest BCUT2D eigenvalue weighted by Gasteiger charge is -2.16. The van der Waals surface area contributed by atoms with E-state index in [4.69, 9.17) is 4.74 Å². The molecule has 0 aromatic heterocycles. The Labute approximate surface area is 151 Å². The Morgan fingerprint density at radius 2 is 1.15 bits per heavy atom. The molecule has 4 aromatic carbocycles. The molecule has 0 saturated heterocycles. The van der Waals surface area contributed by atoms with E-state index in [9.17, 15) is 0 Å². The van der Waals surface area contributed by atoms with Crippen molar-refractivity contribution in [1.29, 1.82) is 0 Å². The van der Waals surface area contributed by atoms with E-state index in [0.29, 0.717) is 12.5 Å². The molecule has 0 N–H and O–H groups in total. The molecule has 1 aliphatic heterocycles. The van der Waals surface area contributed by atoms with Crippen molar-refractivity contribution in [3.8, 4) is 0 Å². The maximum Gasteiger partial charge on any atom is 0.241 e. The van der Waals surface area contributed by atoms with E-state index >= 15 is 0 Å². The van der Waals surface area contributed by atoms with Gasteiger partial charge < -0.3 is 4.74 Å². The number of benzene rings is 4. The molecule has 0 aliphatic carbocycles. The average molecular weight is 336 g/mol. The zero-order chi connectivity index (χ0) is 17.3. The Morgan fingerprint density at radius 1 is 0.577 bits per heavy atom. The van der Waals surface area contributed by atoms with Gasteiger partial charge in [0.25, 0.3) is 0 Å². The number of fused-ring (bicyclic) bond motifs is 2. The van der Waals surface area contributed by atoms with Crippen molar-refractivity contribution in [2.45, 2.75) is 0 Å². The van der Waals surface area contributed by atoms with Gasteiger partial charge in [-0.1, -0.05) is 78.9 Å². The molecule has 0 bridgehead atoms. The van der Waals surface area contributed by atoms with E-state index in [0.717, 1.165) is 22.2 Å². The van der Waals surface area contributed by atoms with Gasteiger partial charge >= 0.3 is 0 Å². The number of nitrogens with zero attached hydrogens (tertiary/aromatic N) is 2. The molecule has 1 heterocycles. The van der Waals surface area contributed by atoms with E-state index in [-0.39, 0.29) is 0 Å². The highest BCUT2D eigenvalue weighted by molar-refractivity contribution is 6.14. The van der Waals surface area contributed by atoms with Gasteiger partial charge in [-0.25, -0.2) is 0 Å². The summed E-state index contributed by atoms with van der Waals surface area (Å²) in [7, 11) is 0. The van der Waals surface area contributed by atoms with Crippen LogP contribution in [0, 0.1) is 0 Å². The average Bonchev–Trinajstić information content (AvgIpc) is 2.73. The maximum absolute atomic E-state index is 6.01. The van der Waals surface area contributed by atoms with Gasteiger partial charge in [0.05, 0.1) is 0 Å². The van der Waals surface area contributed by atoms with E-state index in [1.165, 1.54) is 16.2 Å². The van der Waals surface area contributed by atoms with Gasteiger partial charge in [0.15, 0.2) is 0 Å². The number of hydrogen-bond acceptors (Lipinski definition) is 3. The summed E-state index contributed by atoms with van der Waals surface area (Å²) >= 11 is 0. The molecule has 1 aliphatic rings. The molecule has 124 valence electrons. The summed E-state index contributed by atoms with van der Waals surface area (Å²) in [5.41, 5.74) is 2.90. The van der Waals surface area contributed by atoms with Crippen LogP contribution in [0.5, 0.6) is 0 Å². The topological polar surface area (TPSA) is 34.0 Å². The monoisotopic (exact) mass is 336 g/mol. The lowest BCUT2D eigenvalue weighted by atomic mass is 10.0. The molecule has 0 unspecified atom stereocenters. The van der Waals surface area contributed by atoms with E-state index < -0.39 is 0 Å². The molecule has 0 saturated carbocycles. The number of rotatable bonds is 2. The second-order valence-electron chi connectivity index (χ2n) is 6.29. The molecule has 0 amide bonds. The van der Waals surface area contributed by atoms with Gasteiger partial charge in [0, 0.05) is 11.1 Å². The molecule has 3 nitrogen and oxygen atoms in total. The smallest absolute Gasteiger partial charge is 0.241 e. The summed E-state index contributed by atoms with van der Waals surface area (Å²) in [6, 6.07) is 28.9. The highest BCUT2D eigenvalue weighted by atomic mass is 16.5. The molecule has 0 atom stereocenters. The van der Waals surface area contributed by atoms with Gasteiger partial charge in [0.1, 0.15) is 12.3 Å². The van der Waals surface area contributed by atoms with Crippen LogP contribution in [-0.4, -0.2) is 18.2 Å². The van der Waals surface area contributed by atoms with Crippen LogP contribution in [0.1, 0.15) is 11.1 Å². The van der Waals surface area contributed by atoms with Crippen LogP contribution in [-0.2, 0) is 4.74 Å². The largest absolute Gasteiger partial charge is 0.470 e. The van der Waals surface area contributed by atoms with Crippen LogP contribution in [0.3, 0.4) is 0 Å². The first-order valence-electron chi connectivity index (χ1n) is 8.64. The van der Waals surface area contributed by atoms with Crippen molar-refractivity contribution in [2.24, 2.45) is 10.2 Å². The molecular formula is C23H16N2O. The normalized spacial score (nSPS) is 14.0. The van der Waals surface area contributed by atoms with Gasteiger partial charge in [-0.05, 0) is 27.6 Å². The molecular weight excluding hydrogens is 320 g/mol. The minimum atomic E-state index is 0.413. The highest BCUT2D eigenvalue weighted by Gasteiger charge is 2.17. The molecule has 3 heteroatoms.